The molecule has 4 heteroatoms. The molecule has 1 atom stereocenters. The van der Waals surface area contributed by atoms with E-state index in [0.29, 0.717) is 0 Å². The minimum atomic E-state index is -1.16. The zero-order valence-corrected chi connectivity index (χ0v) is 16.5. The Morgan fingerprint density at radius 1 is 0.962 bits per heavy atom. The van der Waals surface area contributed by atoms with Crippen molar-refractivity contribution >= 4 is 5.97 Å². The van der Waals surface area contributed by atoms with Gasteiger partial charge in [-0.1, -0.05) is 58.9 Å². The van der Waals surface area contributed by atoms with Crippen molar-refractivity contribution in [2.75, 3.05) is 0 Å². The van der Waals surface area contributed by atoms with Crippen molar-refractivity contribution in [3.05, 3.63) is 23.3 Å². The summed E-state index contributed by atoms with van der Waals surface area (Å²) in [5.74, 6) is -2.00. The number of aromatic carboxylic acids is 1. The van der Waals surface area contributed by atoms with Crippen LogP contribution in [0.3, 0.4) is 0 Å². The molecule has 3 N–H and O–H groups in total. The van der Waals surface area contributed by atoms with Crippen LogP contribution in [0.2, 0.25) is 0 Å². The van der Waals surface area contributed by atoms with E-state index in [1.165, 1.54) is 12.5 Å². The van der Waals surface area contributed by atoms with Crippen LogP contribution in [0, 0.1) is 5.41 Å². The van der Waals surface area contributed by atoms with Gasteiger partial charge in [0.2, 0.25) is 0 Å². The molecule has 0 spiro atoms. The minimum absolute atomic E-state index is 0.0539. The largest absolute Gasteiger partial charge is 0.504 e. The average molecular weight is 363 g/mol. The molecule has 0 heterocycles. The van der Waals surface area contributed by atoms with Crippen LogP contribution in [0.1, 0.15) is 101 Å². The van der Waals surface area contributed by atoms with Gasteiger partial charge in [-0.15, -0.1) is 0 Å². The fourth-order valence-electron chi connectivity index (χ4n) is 5.77. The summed E-state index contributed by atoms with van der Waals surface area (Å²) in [6.07, 6.45) is 10.5. The van der Waals surface area contributed by atoms with Crippen molar-refractivity contribution < 1.29 is 20.1 Å². The maximum Gasteiger partial charge on any atom is 0.339 e. The molecule has 1 fully saturated rings. The van der Waals surface area contributed by atoms with Crippen molar-refractivity contribution in [2.24, 2.45) is 5.41 Å². The number of carbonyl (C=O) groups is 1. The lowest BCUT2D eigenvalue weighted by Crippen LogP contribution is -2.49. The highest BCUT2D eigenvalue weighted by Crippen LogP contribution is 2.60. The maximum atomic E-state index is 12.0. The van der Waals surface area contributed by atoms with E-state index in [1.54, 1.807) is 6.07 Å². The van der Waals surface area contributed by atoms with E-state index < -0.39 is 11.7 Å². The van der Waals surface area contributed by atoms with Crippen LogP contribution < -0.4 is 0 Å². The van der Waals surface area contributed by atoms with Gasteiger partial charge in [0.25, 0.3) is 0 Å². The van der Waals surface area contributed by atoms with Gasteiger partial charge >= 0.3 is 5.97 Å². The molecule has 0 aromatic heterocycles. The predicted molar refractivity (Wildman–Crippen MR) is 104 cm³/mol. The van der Waals surface area contributed by atoms with Gasteiger partial charge in [0, 0.05) is 5.41 Å². The van der Waals surface area contributed by atoms with Crippen LogP contribution in [0.25, 0.3) is 0 Å². The first-order valence-corrected chi connectivity index (χ1v) is 10.2. The van der Waals surface area contributed by atoms with Crippen molar-refractivity contribution in [1.82, 2.24) is 0 Å². The molecule has 1 aliphatic rings. The highest BCUT2D eigenvalue weighted by atomic mass is 16.4. The van der Waals surface area contributed by atoms with Crippen LogP contribution in [0.5, 0.6) is 11.5 Å². The van der Waals surface area contributed by atoms with Crippen molar-refractivity contribution in [1.29, 1.82) is 0 Å². The topological polar surface area (TPSA) is 77.8 Å². The third kappa shape index (κ3) is 3.30. The number of aromatic hydroxyl groups is 2. The highest BCUT2D eigenvalue weighted by molar-refractivity contribution is 5.94. The van der Waals surface area contributed by atoms with Gasteiger partial charge in [0.15, 0.2) is 11.5 Å². The Morgan fingerprint density at radius 2 is 1.54 bits per heavy atom. The summed E-state index contributed by atoms with van der Waals surface area (Å²) in [4.78, 5) is 12.0. The molecule has 0 saturated heterocycles. The first-order chi connectivity index (χ1) is 12.4. The Balaban J connectivity index is 2.80. The molecule has 1 unspecified atom stereocenters. The number of carboxylic acid groups (broad SMARTS) is 1. The second-order valence-corrected chi connectivity index (χ2v) is 7.98. The molecule has 0 amide bonds. The van der Waals surface area contributed by atoms with E-state index >= 15 is 0 Å². The molecule has 2 rings (SSSR count). The molecule has 146 valence electrons. The summed E-state index contributed by atoms with van der Waals surface area (Å²) in [5.41, 5.74) is 0.421. The number of carboxylic acids is 1. The first kappa shape index (κ1) is 20.6. The fraction of sp³-hybridized carbons (Fsp3) is 0.682. The van der Waals surface area contributed by atoms with Crippen LogP contribution in [0.15, 0.2) is 12.1 Å². The van der Waals surface area contributed by atoms with E-state index in [4.69, 9.17) is 0 Å². The number of phenolic OH excluding ortho intramolecular Hbond substituents is 1. The Labute approximate surface area is 157 Å². The third-order valence-corrected chi connectivity index (χ3v) is 6.54. The second kappa shape index (κ2) is 8.32. The summed E-state index contributed by atoms with van der Waals surface area (Å²) >= 11 is 0. The molecular formula is C22H34O4. The summed E-state index contributed by atoms with van der Waals surface area (Å²) in [5, 5.41) is 30.1. The lowest BCUT2D eigenvalue weighted by Gasteiger charge is -2.56. The maximum absolute atomic E-state index is 12.0. The van der Waals surface area contributed by atoms with Gasteiger partial charge in [0.05, 0.1) is 0 Å². The van der Waals surface area contributed by atoms with Crippen LogP contribution in [-0.4, -0.2) is 21.3 Å². The first-order valence-electron chi connectivity index (χ1n) is 10.2. The summed E-state index contributed by atoms with van der Waals surface area (Å²) in [6, 6.07) is 3.23. The molecule has 0 aliphatic heterocycles. The summed E-state index contributed by atoms with van der Waals surface area (Å²) in [7, 11) is 0. The van der Waals surface area contributed by atoms with Crippen LogP contribution in [0.4, 0.5) is 0 Å². The van der Waals surface area contributed by atoms with Crippen molar-refractivity contribution in [2.45, 2.75) is 90.4 Å². The van der Waals surface area contributed by atoms with Gasteiger partial charge in [-0.05, 0) is 49.1 Å². The Morgan fingerprint density at radius 3 is 2.08 bits per heavy atom. The number of rotatable bonds is 8. The molecule has 1 aliphatic carbocycles. The van der Waals surface area contributed by atoms with E-state index in [0.717, 1.165) is 63.4 Å². The van der Waals surface area contributed by atoms with E-state index in [9.17, 15) is 20.1 Å². The summed E-state index contributed by atoms with van der Waals surface area (Å²) < 4.78 is 0. The van der Waals surface area contributed by atoms with Gasteiger partial charge in [-0.25, -0.2) is 4.79 Å². The SMILES string of the molecule is CCCC1(CCC)CCCCC1(CCC)c1ccc(O)c(O)c1C(=O)O. The molecule has 0 bridgehead atoms. The number of benzene rings is 1. The Hall–Kier alpha value is -1.71. The third-order valence-electron chi connectivity index (χ3n) is 6.54. The van der Waals surface area contributed by atoms with Crippen molar-refractivity contribution in [3.8, 4) is 11.5 Å². The zero-order valence-electron chi connectivity index (χ0n) is 16.5. The second-order valence-electron chi connectivity index (χ2n) is 7.98. The van der Waals surface area contributed by atoms with Gasteiger partial charge in [-0.2, -0.15) is 0 Å². The molecule has 0 radical (unpaired) electrons. The lowest BCUT2D eigenvalue weighted by molar-refractivity contribution is 0.0236. The molecule has 1 aromatic rings. The van der Waals surface area contributed by atoms with Gasteiger partial charge in [0.1, 0.15) is 5.56 Å². The van der Waals surface area contributed by atoms with Gasteiger partial charge < -0.3 is 15.3 Å². The van der Waals surface area contributed by atoms with Gasteiger partial charge in [-0.3, -0.25) is 0 Å². The fourth-order valence-corrected chi connectivity index (χ4v) is 5.77. The van der Waals surface area contributed by atoms with E-state index in [-0.39, 0.29) is 22.1 Å². The summed E-state index contributed by atoms with van der Waals surface area (Å²) in [6.45, 7) is 6.56. The van der Waals surface area contributed by atoms with Crippen LogP contribution in [-0.2, 0) is 5.41 Å². The monoisotopic (exact) mass is 362 g/mol. The number of hydrogen-bond acceptors (Lipinski definition) is 3. The Kier molecular flexibility index (Phi) is 6.59. The van der Waals surface area contributed by atoms with E-state index in [2.05, 4.69) is 20.8 Å². The molecular weight excluding hydrogens is 328 g/mol. The lowest BCUT2D eigenvalue weighted by atomic mass is 9.48. The Bertz CT molecular complexity index is 622. The van der Waals surface area contributed by atoms with E-state index in [1.807, 2.05) is 0 Å². The predicted octanol–water partition coefficient (Wildman–Crippen LogP) is 5.99. The average Bonchev–Trinajstić information content (AvgIpc) is 2.59. The molecule has 26 heavy (non-hydrogen) atoms. The minimum Gasteiger partial charge on any atom is -0.504 e. The highest BCUT2D eigenvalue weighted by Gasteiger charge is 2.53. The molecule has 1 aromatic carbocycles. The molecule has 1 saturated carbocycles. The normalized spacial score (nSPS) is 22.3. The standard InChI is InChI=1S/C22H34O4/c1-4-11-21(12-5-2)14-7-8-15-22(21,13-6-3)16-9-10-17(23)19(24)18(16)20(25)26/h9-10,23-24H,4-8,11-15H2,1-3H3,(H,25,26). The quantitative estimate of drug-likeness (QED) is 0.496. The molecule has 4 nitrogen and oxygen atoms in total. The number of hydrogen-bond donors (Lipinski definition) is 3. The van der Waals surface area contributed by atoms with Crippen LogP contribution >= 0.6 is 0 Å². The zero-order chi connectivity index (χ0) is 19.4. The number of phenols is 2. The van der Waals surface area contributed by atoms with Crippen molar-refractivity contribution in [3.63, 3.8) is 0 Å². The smallest absolute Gasteiger partial charge is 0.339 e.